The van der Waals surface area contributed by atoms with E-state index in [1.807, 2.05) is 54.6 Å². The third kappa shape index (κ3) is 3.00. The van der Waals surface area contributed by atoms with Crippen molar-refractivity contribution in [2.45, 2.75) is 12.3 Å². The summed E-state index contributed by atoms with van der Waals surface area (Å²) in [7, 11) is 2.98. The van der Waals surface area contributed by atoms with Gasteiger partial charge in [-0.05, 0) is 29.8 Å². The van der Waals surface area contributed by atoms with Crippen LogP contribution < -0.4 is 21.3 Å². The van der Waals surface area contributed by atoms with Gasteiger partial charge in [-0.15, -0.1) is 0 Å². The highest BCUT2D eigenvalue weighted by molar-refractivity contribution is 5.94. The first kappa shape index (κ1) is 17.8. The highest BCUT2D eigenvalue weighted by atomic mass is 16.5. The molecule has 0 bridgehead atoms. The van der Waals surface area contributed by atoms with Gasteiger partial charge in [0.15, 0.2) is 0 Å². The lowest BCUT2D eigenvalue weighted by Gasteiger charge is -2.27. The largest absolute Gasteiger partial charge is 0.457 e. The molecule has 7 heteroatoms. The van der Waals surface area contributed by atoms with Crippen molar-refractivity contribution in [1.29, 1.82) is 0 Å². The third-order valence-corrected chi connectivity index (χ3v) is 4.93. The second kappa shape index (κ2) is 6.84. The van der Waals surface area contributed by atoms with E-state index in [1.54, 1.807) is 0 Å². The number of carbonyl (C=O) groups is 1. The summed E-state index contributed by atoms with van der Waals surface area (Å²) in [6, 6.07) is 16.7. The molecule has 0 saturated heterocycles. The lowest BCUT2D eigenvalue weighted by atomic mass is 9.86. The van der Waals surface area contributed by atoms with Crippen molar-refractivity contribution in [3.63, 3.8) is 0 Å². The Balaban J connectivity index is 1.81. The summed E-state index contributed by atoms with van der Waals surface area (Å²) in [6.07, 6.45) is 0.120. The van der Waals surface area contributed by atoms with E-state index in [4.69, 9.17) is 4.74 Å². The van der Waals surface area contributed by atoms with Crippen LogP contribution in [0.15, 0.2) is 64.2 Å². The fourth-order valence-electron chi connectivity index (χ4n) is 3.51. The van der Waals surface area contributed by atoms with Crippen LogP contribution in [0, 0.1) is 0 Å². The maximum Gasteiger partial charge on any atom is 0.332 e. The first-order chi connectivity index (χ1) is 13.5. The number of aromatic nitrogens is 2. The Labute approximate surface area is 160 Å². The molecular formula is C21H19N3O4. The molecule has 4 rings (SSSR count). The number of anilines is 1. The van der Waals surface area contributed by atoms with Crippen molar-refractivity contribution < 1.29 is 9.53 Å². The van der Waals surface area contributed by atoms with Gasteiger partial charge in [-0.3, -0.25) is 18.7 Å². The molecule has 1 amide bonds. The van der Waals surface area contributed by atoms with Gasteiger partial charge in [-0.2, -0.15) is 0 Å². The van der Waals surface area contributed by atoms with Gasteiger partial charge >= 0.3 is 5.69 Å². The first-order valence-electron chi connectivity index (χ1n) is 8.88. The minimum atomic E-state index is -0.481. The van der Waals surface area contributed by atoms with Crippen molar-refractivity contribution in [2.24, 2.45) is 14.1 Å². The van der Waals surface area contributed by atoms with Crippen molar-refractivity contribution in [1.82, 2.24) is 9.13 Å². The Kier molecular flexibility index (Phi) is 4.35. The van der Waals surface area contributed by atoms with Crippen molar-refractivity contribution >= 4 is 11.7 Å². The number of nitrogens with zero attached hydrogens (tertiary/aromatic N) is 2. The first-order valence-corrected chi connectivity index (χ1v) is 8.88. The Morgan fingerprint density at radius 1 is 0.929 bits per heavy atom. The zero-order valence-corrected chi connectivity index (χ0v) is 15.5. The van der Waals surface area contributed by atoms with Gasteiger partial charge in [0.1, 0.15) is 17.3 Å². The van der Waals surface area contributed by atoms with Crippen molar-refractivity contribution in [3.8, 4) is 11.5 Å². The molecule has 28 heavy (non-hydrogen) atoms. The van der Waals surface area contributed by atoms with Gasteiger partial charge in [0.25, 0.3) is 5.56 Å². The second-order valence-corrected chi connectivity index (χ2v) is 6.76. The summed E-state index contributed by atoms with van der Waals surface area (Å²) in [5, 5.41) is 2.67. The Morgan fingerprint density at radius 3 is 2.39 bits per heavy atom. The zero-order valence-electron chi connectivity index (χ0n) is 15.5. The van der Waals surface area contributed by atoms with Crippen LogP contribution in [-0.2, 0) is 18.9 Å². The third-order valence-electron chi connectivity index (χ3n) is 4.93. The molecule has 0 aliphatic carbocycles. The second-order valence-electron chi connectivity index (χ2n) is 6.76. The average molecular weight is 377 g/mol. The lowest BCUT2D eigenvalue weighted by Crippen LogP contribution is -2.44. The number of nitrogens with one attached hydrogen (secondary N) is 1. The van der Waals surface area contributed by atoms with Crippen LogP contribution in [0.1, 0.15) is 23.5 Å². The number of hydrogen-bond donors (Lipinski definition) is 1. The number of hydrogen-bond acceptors (Lipinski definition) is 4. The molecule has 0 fully saturated rings. The molecule has 7 nitrogen and oxygen atoms in total. The minimum absolute atomic E-state index is 0.120. The molecule has 142 valence electrons. The van der Waals surface area contributed by atoms with Gasteiger partial charge < -0.3 is 10.1 Å². The van der Waals surface area contributed by atoms with Gasteiger partial charge in [-0.1, -0.05) is 30.3 Å². The van der Waals surface area contributed by atoms with E-state index in [0.717, 1.165) is 10.1 Å². The number of benzene rings is 2. The van der Waals surface area contributed by atoms with Crippen LogP contribution in [0.5, 0.6) is 11.5 Å². The topological polar surface area (TPSA) is 82.3 Å². The number of para-hydroxylation sites is 1. The predicted molar refractivity (Wildman–Crippen MR) is 105 cm³/mol. The van der Waals surface area contributed by atoms with E-state index in [9.17, 15) is 14.4 Å². The van der Waals surface area contributed by atoms with Crippen LogP contribution in [0.4, 0.5) is 5.82 Å². The monoisotopic (exact) mass is 377 g/mol. The molecule has 3 aromatic rings. The smallest absolute Gasteiger partial charge is 0.332 e. The van der Waals surface area contributed by atoms with Crippen molar-refractivity contribution in [2.75, 3.05) is 5.32 Å². The van der Waals surface area contributed by atoms with Gasteiger partial charge in [0, 0.05) is 26.4 Å². The summed E-state index contributed by atoms with van der Waals surface area (Å²) in [4.78, 5) is 37.3. The maximum absolute atomic E-state index is 12.8. The summed E-state index contributed by atoms with van der Waals surface area (Å²) < 4.78 is 8.24. The Morgan fingerprint density at radius 2 is 1.64 bits per heavy atom. The molecule has 2 aromatic carbocycles. The molecule has 1 aromatic heterocycles. The standard InChI is InChI=1S/C21H19N3O4/c1-23-19-18(20(26)24(2)21(23)27)16(12-17(25)22-19)13-7-6-10-15(11-13)28-14-8-4-3-5-9-14/h3-11,16H,12H2,1-2H3,(H,22,25). The number of rotatable bonds is 3. The van der Waals surface area contributed by atoms with Crippen LogP contribution in [0.3, 0.4) is 0 Å². The van der Waals surface area contributed by atoms with Crippen LogP contribution >= 0.6 is 0 Å². The minimum Gasteiger partial charge on any atom is -0.457 e. The molecule has 0 spiro atoms. The molecule has 1 aliphatic heterocycles. The van der Waals surface area contributed by atoms with Crippen LogP contribution in [-0.4, -0.2) is 15.0 Å². The highest BCUT2D eigenvalue weighted by Crippen LogP contribution is 2.35. The fraction of sp³-hybridized carbons (Fsp3) is 0.190. The molecule has 1 unspecified atom stereocenters. The van der Waals surface area contributed by atoms with E-state index in [0.29, 0.717) is 17.1 Å². The summed E-state index contributed by atoms with van der Waals surface area (Å²) in [5.41, 5.74) is 0.296. The summed E-state index contributed by atoms with van der Waals surface area (Å²) >= 11 is 0. The lowest BCUT2D eigenvalue weighted by molar-refractivity contribution is -0.116. The van der Waals surface area contributed by atoms with Gasteiger partial charge in [0.2, 0.25) is 5.91 Å². The fourth-order valence-corrected chi connectivity index (χ4v) is 3.51. The van der Waals surface area contributed by atoms with Gasteiger partial charge in [-0.25, -0.2) is 4.79 Å². The summed E-state index contributed by atoms with van der Waals surface area (Å²) in [5.74, 6) is 0.852. The van der Waals surface area contributed by atoms with Crippen LogP contribution in [0.25, 0.3) is 0 Å². The molecule has 1 atom stereocenters. The molecule has 0 saturated carbocycles. The molecule has 0 radical (unpaired) electrons. The SMILES string of the molecule is Cn1c2c(c(=O)n(C)c1=O)C(c1cccc(Oc3ccccc3)c1)CC(=O)N2. The molecule has 1 N–H and O–H groups in total. The number of carbonyl (C=O) groups excluding carboxylic acids is 1. The molecular weight excluding hydrogens is 358 g/mol. The van der Waals surface area contributed by atoms with E-state index < -0.39 is 17.2 Å². The average Bonchev–Trinajstić information content (AvgIpc) is 2.71. The Bertz CT molecular complexity index is 1180. The van der Waals surface area contributed by atoms with E-state index in [2.05, 4.69) is 5.32 Å². The molecule has 1 aliphatic rings. The summed E-state index contributed by atoms with van der Waals surface area (Å²) in [6.45, 7) is 0. The van der Waals surface area contributed by atoms with Crippen molar-refractivity contribution in [3.05, 3.63) is 86.6 Å². The van der Waals surface area contributed by atoms with E-state index in [1.165, 1.54) is 18.7 Å². The highest BCUT2D eigenvalue weighted by Gasteiger charge is 2.32. The molecule has 2 heterocycles. The van der Waals surface area contributed by atoms with E-state index >= 15 is 0 Å². The normalized spacial score (nSPS) is 15.6. The number of ether oxygens (including phenoxy) is 1. The number of fused-ring (bicyclic) bond motifs is 1. The van der Waals surface area contributed by atoms with Gasteiger partial charge in [0.05, 0.1) is 5.56 Å². The number of amides is 1. The predicted octanol–water partition coefficient (Wildman–Crippen LogP) is 2.35. The van der Waals surface area contributed by atoms with E-state index in [-0.39, 0.29) is 18.1 Å². The quantitative estimate of drug-likeness (QED) is 0.760. The Hall–Kier alpha value is -3.61. The zero-order chi connectivity index (χ0) is 19.8. The maximum atomic E-state index is 12.8. The van der Waals surface area contributed by atoms with Crippen LogP contribution in [0.2, 0.25) is 0 Å².